The molecule has 140 valence electrons. The summed E-state index contributed by atoms with van der Waals surface area (Å²) in [4.78, 5) is 12.1. The van der Waals surface area contributed by atoms with Gasteiger partial charge in [-0.05, 0) is 49.3 Å². The predicted octanol–water partition coefficient (Wildman–Crippen LogP) is 1.68. The van der Waals surface area contributed by atoms with Crippen LogP contribution in [0.3, 0.4) is 0 Å². The van der Waals surface area contributed by atoms with Crippen LogP contribution in [-0.4, -0.2) is 24.1 Å². The second-order valence-electron chi connectivity index (χ2n) is 6.76. The Hall–Kier alpha value is -2.19. The van der Waals surface area contributed by atoms with Gasteiger partial charge in [0, 0.05) is 19.2 Å². The van der Waals surface area contributed by atoms with Crippen LogP contribution in [0.5, 0.6) is 0 Å². The molecule has 0 saturated carbocycles. The summed E-state index contributed by atoms with van der Waals surface area (Å²) in [6.45, 7) is 2.26. The molecule has 0 radical (unpaired) electrons. The number of carbonyl (C=O) groups is 1. The lowest BCUT2D eigenvalue weighted by Gasteiger charge is -2.20. The highest BCUT2D eigenvalue weighted by Crippen LogP contribution is 2.24. The van der Waals surface area contributed by atoms with Crippen molar-refractivity contribution in [1.29, 1.82) is 0 Å². The molecule has 0 fully saturated rings. The van der Waals surface area contributed by atoms with Crippen molar-refractivity contribution in [3.8, 4) is 0 Å². The van der Waals surface area contributed by atoms with Gasteiger partial charge in [0.05, 0.1) is 12.2 Å². The molecule has 26 heavy (non-hydrogen) atoms. The van der Waals surface area contributed by atoms with Gasteiger partial charge in [0.15, 0.2) is 0 Å². The number of nitrogens with two attached hydrogens (primary N) is 1. The van der Waals surface area contributed by atoms with Gasteiger partial charge < -0.3 is 5.32 Å². The first-order valence-electron chi connectivity index (χ1n) is 8.79. The predicted molar refractivity (Wildman–Crippen MR) is 97.9 cm³/mol. The number of nitrogens with zero attached hydrogens (tertiary/aromatic N) is 2. The fourth-order valence-electron chi connectivity index (χ4n) is 3.25. The Morgan fingerprint density at radius 3 is 2.73 bits per heavy atom. The molecule has 1 aromatic carbocycles. The van der Waals surface area contributed by atoms with Gasteiger partial charge in [-0.1, -0.05) is 18.2 Å². The smallest absolute Gasteiger partial charge is 0.241 e. The number of hydrogen-bond donors (Lipinski definition) is 2. The summed E-state index contributed by atoms with van der Waals surface area (Å²) < 4.78 is 23.9. The quantitative estimate of drug-likeness (QED) is 0.800. The van der Waals surface area contributed by atoms with Crippen LogP contribution in [-0.2, 0) is 34.2 Å². The molecular formula is C18H24N4O3S. The Bertz CT molecular complexity index is 905. The van der Waals surface area contributed by atoms with Crippen LogP contribution in [0.15, 0.2) is 35.5 Å². The van der Waals surface area contributed by atoms with Gasteiger partial charge >= 0.3 is 0 Å². The van der Waals surface area contributed by atoms with E-state index in [0.717, 1.165) is 18.4 Å². The molecule has 1 aliphatic rings. The van der Waals surface area contributed by atoms with Crippen molar-refractivity contribution in [3.05, 3.63) is 47.3 Å². The average Bonchev–Trinajstić information content (AvgIpc) is 3.09. The lowest BCUT2D eigenvalue weighted by atomic mass is 9.89. The van der Waals surface area contributed by atoms with Crippen molar-refractivity contribution in [1.82, 2.24) is 15.1 Å². The standard InChI is InChI=1S/C18H24N4O3S/c1-13(15-7-6-14-4-2-3-5-16(14)10-15)21-18(23)8-9-22-12-17(11-20-22)26(19,24)25/h6-7,10-13H,2-5,8-9H2,1H3,(H,21,23)(H2,19,24,25). The van der Waals surface area contributed by atoms with Crippen LogP contribution < -0.4 is 10.5 Å². The SMILES string of the molecule is CC(NC(=O)CCn1cc(S(N)(=O)=O)cn1)c1ccc2c(c1)CCCC2. The van der Waals surface area contributed by atoms with Gasteiger partial charge in [0.25, 0.3) is 0 Å². The molecule has 0 aliphatic heterocycles. The van der Waals surface area contributed by atoms with E-state index in [1.807, 2.05) is 6.92 Å². The maximum atomic E-state index is 12.2. The van der Waals surface area contributed by atoms with E-state index in [2.05, 4.69) is 28.6 Å². The fraction of sp³-hybridized carbons (Fsp3) is 0.444. The van der Waals surface area contributed by atoms with Gasteiger partial charge in [0.1, 0.15) is 4.90 Å². The molecule has 3 rings (SSSR count). The second kappa shape index (κ2) is 7.59. The number of hydrogen-bond acceptors (Lipinski definition) is 4. The van der Waals surface area contributed by atoms with E-state index in [9.17, 15) is 13.2 Å². The Balaban J connectivity index is 1.55. The minimum Gasteiger partial charge on any atom is -0.350 e. The van der Waals surface area contributed by atoms with E-state index in [4.69, 9.17) is 5.14 Å². The topological polar surface area (TPSA) is 107 Å². The zero-order valence-electron chi connectivity index (χ0n) is 14.8. The molecule has 0 spiro atoms. The zero-order chi connectivity index (χ0) is 18.7. The fourth-order valence-corrected chi connectivity index (χ4v) is 3.71. The molecule has 1 amide bonds. The highest BCUT2D eigenvalue weighted by Gasteiger charge is 2.15. The summed E-state index contributed by atoms with van der Waals surface area (Å²) in [6, 6.07) is 6.38. The van der Waals surface area contributed by atoms with Gasteiger partial charge in [-0.15, -0.1) is 0 Å². The monoisotopic (exact) mass is 376 g/mol. The molecule has 0 bridgehead atoms. The molecule has 2 aromatic rings. The van der Waals surface area contributed by atoms with Gasteiger partial charge in [-0.2, -0.15) is 5.10 Å². The molecule has 1 aromatic heterocycles. The van der Waals surface area contributed by atoms with Crippen LogP contribution >= 0.6 is 0 Å². The first-order chi connectivity index (χ1) is 12.3. The summed E-state index contributed by atoms with van der Waals surface area (Å²) in [5.74, 6) is -0.108. The van der Waals surface area contributed by atoms with Crippen LogP contribution in [0.4, 0.5) is 0 Å². The zero-order valence-corrected chi connectivity index (χ0v) is 15.6. The second-order valence-corrected chi connectivity index (χ2v) is 8.32. The van der Waals surface area contributed by atoms with E-state index < -0.39 is 10.0 Å². The number of sulfonamides is 1. The van der Waals surface area contributed by atoms with Crippen molar-refractivity contribution in [2.45, 2.75) is 56.5 Å². The maximum absolute atomic E-state index is 12.2. The Morgan fingerprint density at radius 2 is 2.04 bits per heavy atom. The molecule has 3 N–H and O–H groups in total. The molecule has 1 unspecified atom stereocenters. The van der Waals surface area contributed by atoms with Gasteiger partial charge in [-0.3, -0.25) is 9.48 Å². The van der Waals surface area contributed by atoms with Gasteiger partial charge in [0.2, 0.25) is 15.9 Å². The first-order valence-corrected chi connectivity index (χ1v) is 10.3. The molecule has 1 aliphatic carbocycles. The Morgan fingerprint density at radius 1 is 1.31 bits per heavy atom. The van der Waals surface area contributed by atoms with Crippen LogP contribution in [0, 0.1) is 0 Å². The number of amides is 1. The maximum Gasteiger partial charge on any atom is 0.241 e. The van der Waals surface area contributed by atoms with E-state index >= 15 is 0 Å². The van der Waals surface area contributed by atoms with Crippen LogP contribution in [0.25, 0.3) is 0 Å². The van der Waals surface area contributed by atoms with Crippen molar-refractivity contribution in [3.63, 3.8) is 0 Å². The number of aromatic nitrogens is 2. The largest absolute Gasteiger partial charge is 0.350 e. The lowest BCUT2D eigenvalue weighted by Crippen LogP contribution is -2.27. The van der Waals surface area contributed by atoms with Gasteiger partial charge in [-0.25, -0.2) is 13.6 Å². The van der Waals surface area contributed by atoms with Crippen molar-refractivity contribution in [2.24, 2.45) is 5.14 Å². The van der Waals surface area contributed by atoms with Crippen molar-refractivity contribution in [2.75, 3.05) is 0 Å². The number of nitrogens with one attached hydrogen (secondary N) is 1. The summed E-state index contributed by atoms with van der Waals surface area (Å²) in [6.07, 6.45) is 7.44. The highest BCUT2D eigenvalue weighted by molar-refractivity contribution is 7.89. The number of aryl methyl sites for hydroxylation is 3. The van der Waals surface area contributed by atoms with Crippen LogP contribution in [0.2, 0.25) is 0 Å². The average molecular weight is 376 g/mol. The van der Waals surface area contributed by atoms with Crippen molar-refractivity contribution < 1.29 is 13.2 Å². The summed E-state index contributed by atoms with van der Waals surface area (Å²) in [5, 5.41) is 11.9. The summed E-state index contributed by atoms with van der Waals surface area (Å²) in [5.41, 5.74) is 3.92. The number of fused-ring (bicyclic) bond motifs is 1. The minimum atomic E-state index is -3.77. The third kappa shape index (κ3) is 4.50. The number of rotatable bonds is 6. The van der Waals surface area contributed by atoms with Crippen LogP contribution in [0.1, 0.15) is 48.9 Å². The van der Waals surface area contributed by atoms with E-state index in [1.165, 1.54) is 41.0 Å². The van der Waals surface area contributed by atoms with E-state index in [1.54, 1.807) is 0 Å². The van der Waals surface area contributed by atoms with Crippen molar-refractivity contribution >= 4 is 15.9 Å². The third-order valence-electron chi connectivity index (χ3n) is 4.76. The third-order valence-corrected chi connectivity index (χ3v) is 5.62. The molecule has 1 heterocycles. The first kappa shape index (κ1) is 18.6. The number of primary sulfonamides is 1. The van der Waals surface area contributed by atoms with E-state index in [0.29, 0.717) is 0 Å². The molecule has 8 heteroatoms. The minimum absolute atomic E-state index is 0.0552. The molecule has 0 saturated heterocycles. The lowest BCUT2D eigenvalue weighted by molar-refractivity contribution is -0.122. The molecule has 1 atom stereocenters. The highest BCUT2D eigenvalue weighted by atomic mass is 32.2. The Labute approximate surface area is 153 Å². The Kier molecular flexibility index (Phi) is 5.43. The normalized spacial score (nSPS) is 15.3. The molecule has 7 nitrogen and oxygen atoms in total. The summed E-state index contributed by atoms with van der Waals surface area (Å²) >= 11 is 0. The molecular weight excluding hydrogens is 352 g/mol. The number of benzene rings is 1. The van der Waals surface area contributed by atoms with E-state index in [-0.39, 0.29) is 29.8 Å². The number of carbonyl (C=O) groups excluding carboxylic acids is 1. The summed E-state index contributed by atoms with van der Waals surface area (Å²) in [7, 11) is -3.77.